The summed E-state index contributed by atoms with van der Waals surface area (Å²) in [4.78, 5) is 22.3. The van der Waals surface area contributed by atoms with Gasteiger partial charge in [-0.05, 0) is 50.8 Å². The number of nitrogens with one attached hydrogen (secondary N) is 1. The lowest BCUT2D eigenvalue weighted by Crippen LogP contribution is -2.30. The van der Waals surface area contributed by atoms with Crippen molar-refractivity contribution in [1.29, 1.82) is 0 Å². The van der Waals surface area contributed by atoms with E-state index in [-0.39, 0.29) is 0 Å². The molecular weight excluding hydrogens is 379 g/mol. The highest BCUT2D eigenvalue weighted by atomic mass is 32.2. The van der Waals surface area contributed by atoms with Gasteiger partial charge in [-0.3, -0.25) is 9.59 Å². The number of carbonyl (C=O) groups excluding carboxylic acids is 1. The molecule has 1 aromatic rings. The third kappa shape index (κ3) is 4.88. The Bertz CT molecular complexity index is 830. The molecule has 27 heavy (non-hydrogen) atoms. The van der Waals surface area contributed by atoms with Crippen LogP contribution >= 0.6 is 0 Å². The predicted octanol–water partition coefficient (Wildman–Crippen LogP) is 1.93. The zero-order valence-corrected chi connectivity index (χ0v) is 16.0. The Morgan fingerprint density at radius 3 is 2.48 bits per heavy atom. The summed E-state index contributed by atoms with van der Waals surface area (Å²) in [5.41, 5.74) is -0.860. The van der Waals surface area contributed by atoms with Crippen LogP contribution in [0, 0.1) is 11.2 Å². The quantitative estimate of drug-likeness (QED) is 0.571. The Labute approximate surface area is 157 Å². The van der Waals surface area contributed by atoms with Crippen molar-refractivity contribution in [2.45, 2.75) is 46.0 Å². The molecule has 1 aliphatic heterocycles. The van der Waals surface area contributed by atoms with Gasteiger partial charge in [-0.25, -0.2) is 13.4 Å². The van der Waals surface area contributed by atoms with Crippen molar-refractivity contribution in [1.82, 2.24) is 4.72 Å². The number of anilines is 1. The number of nitrogens with zero attached hydrogens (tertiary/aromatic N) is 1. The molecule has 150 valence electrons. The van der Waals surface area contributed by atoms with Crippen molar-refractivity contribution in [2.75, 3.05) is 10.8 Å². The van der Waals surface area contributed by atoms with Crippen molar-refractivity contribution in [2.24, 2.45) is 5.41 Å². The number of carboxylic acid groups (broad SMARTS) is 1. The molecule has 0 aliphatic carbocycles. The summed E-state index contributed by atoms with van der Waals surface area (Å²) in [5, 5.41) is 19.1. The molecule has 2 rings (SSSR count). The molecule has 1 saturated heterocycles. The van der Waals surface area contributed by atoms with E-state index in [1.54, 1.807) is 18.6 Å². The highest BCUT2D eigenvalue weighted by Crippen LogP contribution is 2.35. The van der Waals surface area contributed by atoms with Gasteiger partial charge in [-0.1, -0.05) is 12.8 Å². The number of aliphatic carboxylic acids is 1. The van der Waals surface area contributed by atoms with Gasteiger partial charge in [0.05, 0.1) is 5.41 Å². The van der Waals surface area contributed by atoms with E-state index < -0.39 is 51.3 Å². The van der Waals surface area contributed by atoms with Crippen LogP contribution in [0.25, 0.3) is 0 Å². The van der Waals surface area contributed by atoms with Crippen LogP contribution in [0.3, 0.4) is 0 Å². The second kappa shape index (κ2) is 7.71. The smallest absolute Gasteiger partial charge is 0.326 e. The van der Waals surface area contributed by atoms with Gasteiger partial charge in [-0.2, -0.15) is 8.42 Å². The molecule has 0 spiro atoms. The lowest BCUT2D eigenvalue weighted by molar-refractivity contribution is -0.147. The number of rotatable bonds is 8. The zero-order valence-electron chi connectivity index (χ0n) is 15.2. The normalized spacial score (nSPS) is 16.4. The maximum absolute atomic E-state index is 14.4. The minimum Gasteiger partial charge on any atom is -0.506 e. The summed E-state index contributed by atoms with van der Waals surface area (Å²) >= 11 is 0. The number of phenolic OH excluding ortho intramolecular Hbond substituents is 1. The third-order valence-electron chi connectivity index (χ3n) is 4.52. The number of halogens is 1. The number of amides is 1. The Kier molecular flexibility index (Phi) is 5.98. The number of benzene rings is 1. The van der Waals surface area contributed by atoms with Crippen LogP contribution in [0.4, 0.5) is 10.1 Å². The Hall–Kier alpha value is -2.36. The first-order valence-electron chi connectivity index (χ1n) is 8.52. The van der Waals surface area contributed by atoms with Gasteiger partial charge < -0.3 is 10.2 Å². The maximum atomic E-state index is 14.4. The topological polar surface area (TPSA) is 124 Å². The zero-order chi connectivity index (χ0) is 20.4. The van der Waals surface area contributed by atoms with Crippen LogP contribution in [-0.2, 0) is 26.2 Å². The van der Waals surface area contributed by atoms with Gasteiger partial charge in [-0.15, -0.1) is 0 Å². The second-order valence-corrected chi connectivity index (χ2v) is 8.83. The van der Waals surface area contributed by atoms with Crippen LogP contribution < -0.4 is 9.03 Å². The van der Waals surface area contributed by atoms with E-state index in [0.29, 0.717) is 35.6 Å². The molecule has 1 amide bonds. The SMILES string of the molecule is CC(C)(CCCCCc1cc(O)c(N2CC(=O)NS2(=O)=O)c(F)c1)C(=O)O. The van der Waals surface area contributed by atoms with Crippen LogP contribution in [0.15, 0.2) is 12.1 Å². The molecule has 0 unspecified atom stereocenters. The van der Waals surface area contributed by atoms with E-state index in [4.69, 9.17) is 5.11 Å². The Balaban J connectivity index is 1.99. The van der Waals surface area contributed by atoms with Gasteiger partial charge in [0.1, 0.15) is 18.0 Å². The molecule has 0 atom stereocenters. The van der Waals surface area contributed by atoms with E-state index in [1.807, 2.05) is 0 Å². The minimum absolute atomic E-state index is 0.447. The molecule has 1 aromatic carbocycles. The van der Waals surface area contributed by atoms with Gasteiger partial charge >= 0.3 is 16.2 Å². The van der Waals surface area contributed by atoms with Crippen molar-refractivity contribution in [3.8, 4) is 5.75 Å². The molecule has 1 heterocycles. The average Bonchev–Trinajstić information content (AvgIpc) is 2.78. The number of carbonyl (C=O) groups is 2. The van der Waals surface area contributed by atoms with Gasteiger partial charge in [0, 0.05) is 0 Å². The standard InChI is InChI=1S/C17H23FN2O6S/c1-17(2,16(23)24)7-5-3-4-6-11-8-12(18)15(13(21)9-11)20-10-14(22)19-27(20,25)26/h8-9,21H,3-7,10H2,1-2H3,(H,19,22)(H,23,24). The molecular formula is C17H23FN2O6S. The number of hydrogen-bond acceptors (Lipinski definition) is 5. The highest BCUT2D eigenvalue weighted by Gasteiger charge is 2.37. The van der Waals surface area contributed by atoms with Crippen LogP contribution in [0.1, 0.15) is 45.1 Å². The lowest BCUT2D eigenvalue weighted by atomic mass is 9.87. The molecule has 3 N–H and O–H groups in total. The van der Waals surface area contributed by atoms with Crippen molar-refractivity contribution < 1.29 is 32.6 Å². The molecule has 0 aromatic heterocycles. The number of unbranched alkanes of at least 4 members (excludes halogenated alkanes) is 2. The van der Waals surface area contributed by atoms with Crippen LogP contribution in [0.2, 0.25) is 0 Å². The van der Waals surface area contributed by atoms with Gasteiger partial charge in [0.15, 0.2) is 5.82 Å². The Morgan fingerprint density at radius 2 is 1.96 bits per heavy atom. The molecule has 8 nitrogen and oxygen atoms in total. The Morgan fingerprint density at radius 1 is 1.30 bits per heavy atom. The fraction of sp³-hybridized carbons (Fsp3) is 0.529. The first kappa shape index (κ1) is 20.9. The van der Waals surface area contributed by atoms with Gasteiger partial charge in [0.25, 0.3) is 5.91 Å². The minimum atomic E-state index is -4.21. The molecule has 0 bridgehead atoms. The number of aryl methyl sites for hydroxylation is 1. The summed E-state index contributed by atoms with van der Waals surface area (Å²) in [6.07, 6.45) is 3.07. The van der Waals surface area contributed by atoms with E-state index in [1.165, 1.54) is 6.07 Å². The van der Waals surface area contributed by atoms with E-state index in [0.717, 1.165) is 12.5 Å². The summed E-state index contributed by atoms with van der Waals surface area (Å²) < 4.78 is 40.2. The van der Waals surface area contributed by atoms with Crippen LogP contribution in [-0.4, -0.2) is 37.1 Å². The van der Waals surface area contributed by atoms with Crippen LogP contribution in [0.5, 0.6) is 5.75 Å². The predicted molar refractivity (Wildman–Crippen MR) is 96.1 cm³/mol. The number of phenols is 1. The van der Waals surface area contributed by atoms with E-state index in [2.05, 4.69) is 0 Å². The molecule has 1 fully saturated rings. The van der Waals surface area contributed by atoms with Crippen molar-refractivity contribution >= 4 is 27.8 Å². The third-order valence-corrected chi connectivity index (χ3v) is 5.90. The molecule has 0 saturated carbocycles. The van der Waals surface area contributed by atoms with Crippen molar-refractivity contribution in [3.63, 3.8) is 0 Å². The fourth-order valence-corrected chi connectivity index (χ4v) is 4.03. The fourth-order valence-electron chi connectivity index (χ4n) is 2.86. The number of aromatic hydroxyl groups is 1. The number of carboxylic acids is 1. The molecule has 0 radical (unpaired) electrons. The second-order valence-electron chi connectivity index (χ2n) is 7.23. The highest BCUT2D eigenvalue weighted by molar-refractivity contribution is 7.92. The monoisotopic (exact) mass is 402 g/mol. The molecule has 10 heteroatoms. The van der Waals surface area contributed by atoms with E-state index >= 15 is 0 Å². The van der Waals surface area contributed by atoms with E-state index in [9.17, 15) is 27.5 Å². The summed E-state index contributed by atoms with van der Waals surface area (Å²) in [7, 11) is -4.21. The molecule has 1 aliphatic rings. The lowest BCUT2D eigenvalue weighted by Gasteiger charge is -2.19. The summed E-state index contributed by atoms with van der Waals surface area (Å²) in [6.45, 7) is 2.73. The first-order chi connectivity index (χ1) is 12.4. The maximum Gasteiger partial charge on any atom is 0.326 e. The first-order valence-corrected chi connectivity index (χ1v) is 9.96. The average molecular weight is 402 g/mol. The number of hydrogen-bond donors (Lipinski definition) is 3. The van der Waals surface area contributed by atoms with Crippen molar-refractivity contribution in [3.05, 3.63) is 23.5 Å². The summed E-state index contributed by atoms with van der Waals surface area (Å²) in [6, 6.07) is 2.41. The largest absolute Gasteiger partial charge is 0.506 e. The summed E-state index contributed by atoms with van der Waals surface area (Å²) in [5.74, 6) is -3.15. The van der Waals surface area contributed by atoms with Gasteiger partial charge in [0.2, 0.25) is 0 Å².